The molecule has 0 unspecified atom stereocenters. The average Bonchev–Trinajstić information content (AvgIpc) is 3.88. The summed E-state index contributed by atoms with van der Waals surface area (Å²) >= 11 is 6.73. The van der Waals surface area contributed by atoms with Crippen molar-refractivity contribution < 1.29 is 17.6 Å². The molecular formula is C41H19F4NS4. The van der Waals surface area contributed by atoms with Crippen molar-refractivity contribution in [2.75, 3.05) is 0 Å². The van der Waals surface area contributed by atoms with Crippen molar-refractivity contribution in [1.82, 2.24) is 4.98 Å². The zero-order valence-corrected chi connectivity index (χ0v) is 28.8. The van der Waals surface area contributed by atoms with Crippen molar-refractivity contribution in [1.29, 1.82) is 0 Å². The first kappa shape index (κ1) is 29.9. The lowest BCUT2D eigenvalue weighted by atomic mass is 10.0. The van der Waals surface area contributed by atoms with Crippen LogP contribution in [0.4, 0.5) is 17.6 Å². The molecule has 0 radical (unpaired) electrons. The summed E-state index contributed by atoms with van der Waals surface area (Å²) in [5.74, 6) is -2.37. The van der Waals surface area contributed by atoms with Crippen LogP contribution in [0.2, 0.25) is 0 Å². The third-order valence-electron chi connectivity index (χ3n) is 8.86. The molecule has 10 rings (SSSR count). The minimum atomic E-state index is -0.599. The second kappa shape index (κ2) is 11.3. The molecule has 0 aliphatic carbocycles. The van der Waals surface area contributed by atoms with Crippen molar-refractivity contribution >= 4 is 96.6 Å². The maximum absolute atomic E-state index is 13.9. The minimum absolute atomic E-state index is 0.499. The van der Waals surface area contributed by atoms with Gasteiger partial charge in [0.1, 0.15) is 28.3 Å². The number of benzene rings is 6. The Morgan fingerprint density at radius 3 is 1.42 bits per heavy atom. The maximum atomic E-state index is 13.9. The number of hydrogen-bond acceptors (Lipinski definition) is 5. The normalized spacial score (nSPS) is 12.0. The van der Waals surface area contributed by atoms with E-state index in [2.05, 4.69) is 42.5 Å². The number of rotatable bonds is 4. The van der Waals surface area contributed by atoms with Crippen molar-refractivity contribution in [3.05, 3.63) is 139 Å². The van der Waals surface area contributed by atoms with E-state index < -0.39 is 23.3 Å². The highest BCUT2D eigenvalue weighted by molar-refractivity contribution is 7.29. The molecule has 50 heavy (non-hydrogen) atoms. The van der Waals surface area contributed by atoms with Crippen LogP contribution in [0.1, 0.15) is 0 Å². The summed E-state index contributed by atoms with van der Waals surface area (Å²) in [6.07, 6.45) is 0. The number of fused-ring (bicyclic) bond motifs is 5. The smallest absolute Gasteiger partial charge is 0.134 e. The molecule has 4 aromatic heterocycles. The topological polar surface area (TPSA) is 12.9 Å². The van der Waals surface area contributed by atoms with Crippen LogP contribution < -0.4 is 0 Å². The van der Waals surface area contributed by atoms with Gasteiger partial charge in [-0.25, -0.2) is 22.5 Å². The van der Waals surface area contributed by atoms with Crippen LogP contribution in [0.3, 0.4) is 0 Å². The zero-order valence-electron chi connectivity index (χ0n) is 25.6. The largest absolute Gasteiger partial charge is 0.235 e. The molecule has 0 aliphatic heterocycles. The Labute approximate surface area is 298 Å². The lowest BCUT2D eigenvalue weighted by Gasteiger charge is -2.02. The molecule has 0 aliphatic rings. The van der Waals surface area contributed by atoms with E-state index in [-0.39, 0.29) is 0 Å². The number of nitrogens with zero attached hydrogens (tertiary/aromatic N) is 1. The number of aromatic nitrogens is 1. The fourth-order valence-corrected chi connectivity index (χ4v) is 10.9. The average molecular weight is 730 g/mol. The Bertz CT molecular complexity index is 2690. The number of hydrogen-bond donors (Lipinski definition) is 0. The summed E-state index contributed by atoms with van der Waals surface area (Å²) in [6.45, 7) is 0. The third kappa shape index (κ3) is 5.20. The van der Waals surface area contributed by atoms with Gasteiger partial charge in [0.15, 0.2) is 0 Å². The summed E-state index contributed by atoms with van der Waals surface area (Å²) in [4.78, 5) is 8.30. The SMILES string of the molecule is Fc1cc(F)cc(-c2ccc3cc(-c4cc5cc6cc7sc(-c8nc9ccc(-c%10cc(F)cc(F)c%10)cc9s8)cc7cc6cc5s4)sc3c2)c1. The Balaban J connectivity index is 0.977. The molecule has 0 atom stereocenters. The molecule has 0 saturated heterocycles. The van der Waals surface area contributed by atoms with Crippen LogP contribution in [0.5, 0.6) is 0 Å². The van der Waals surface area contributed by atoms with Gasteiger partial charge < -0.3 is 0 Å². The Kier molecular flexibility index (Phi) is 6.76. The molecule has 0 fully saturated rings. The first-order valence-electron chi connectivity index (χ1n) is 15.6. The van der Waals surface area contributed by atoms with E-state index in [1.54, 1.807) is 45.3 Å². The van der Waals surface area contributed by atoms with Crippen LogP contribution >= 0.6 is 45.3 Å². The maximum Gasteiger partial charge on any atom is 0.134 e. The predicted molar refractivity (Wildman–Crippen MR) is 205 cm³/mol. The van der Waals surface area contributed by atoms with Crippen LogP contribution in [-0.4, -0.2) is 4.98 Å². The zero-order chi connectivity index (χ0) is 33.7. The summed E-state index contributed by atoms with van der Waals surface area (Å²) in [5.41, 5.74) is 3.40. The van der Waals surface area contributed by atoms with Crippen LogP contribution in [0, 0.1) is 23.3 Å². The highest BCUT2D eigenvalue weighted by atomic mass is 32.1. The molecule has 9 heteroatoms. The Morgan fingerprint density at radius 2 is 0.820 bits per heavy atom. The first-order chi connectivity index (χ1) is 24.3. The van der Waals surface area contributed by atoms with Crippen LogP contribution in [0.25, 0.3) is 93.1 Å². The second-order valence-electron chi connectivity index (χ2n) is 12.2. The highest BCUT2D eigenvalue weighted by Crippen LogP contribution is 2.44. The fraction of sp³-hybridized carbons (Fsp3) is 0. The van der Waals surface area contributed by atoms with Gasteiger partial charge in [-0.05, 0) is 134 Å². The molecule has 0 spiro atoms. The van der Waals surface area contributed by atoms with E-state index in [1.807, 2.05) is 36.4 Å². The van der Waals surface area contributed by atoms with Gasteiger partial charge in [0.05, 0.1) is 15.1 Å². The summed E-state index contributed by atoms with van der Waals surface area (Å²) in [7, 11) is 0. The molecule has 240 valence electrons. The minimum Gasteiger partial charge on any atom is -0.235 e. The fourth-order valence-electron chi connectivity index (χ4n) is 6.53. The van der Waals surface area contributed by atoms with Crippen LogP contribution in [-0.2, 0) is 0 Å². The Hall–Kier alpha value is -4.93. The van der Waals surface area contributed by atoms with Crippen molar-refractivity contribution in [2.45, 2.75) is 0 Å². The van der Waals surface area contributed by atoms with Gasteiger partial charge in [-0.1, -0.05) is 18.2 Å². The van der Waals surface area contributed by atoms with Crippen molar-refractivity contribution in [2.24, 2.45) is 0 Å². The van der Waals surface area contributed by atoms with E-state index in [0.717, 1.165) is 63.7 Å². The standard InChI is InChI=1S/C41H19F4NS4/c42-29-7-25(8-30(43)18-29)20-1-2-22-13-38(47-34(22)11-20)39-16-27-5-23-15-36-28(6-24(23)14-35(27)48-39)17-40(49-36)41-46-33-4-3-21(12-37(33)50-41)26-9-31(44)19-32(45)10-26/h1-19H. The number of thiazole rings is 1. The van der Waals surface area contributed by atoms with E-state index in [4.69, 9.17) is 4.98 Å². The monoisotopic (exact) mass is 729 g/mol. The molecule has 1 nitrogen and oxygen atoms in total. The predicted octanol–water partition coefficient (Wildman–Crippen LogP) is 14.3. The van der Waals surface area contributed by atoms with Gasteiger partial charge in [0.25, 0.3) is 0 Å². The first-order valence-corrected chi connectivity index (χ1v) is 18.8. The third-order valence-corrected chi connectivity index (χ3v) is 13.5. The van der Waals surface area contributed by atoms with Gasteiger partial charge in [-0.15, -0.1) is 45.3 Å². The van der Waals surface area contributed by atoms with Gasteiger partial charge in [0, 0.05) is 36.0 Å². The second-order valence-corrected chi connectivity index (χ2v) is 16.5. The number of halogens is 4. The van der Waals surface area contributed by atoms with Crippen molar-refractivity contribution in [3.63, 3.8) is 0 Å². The lowest BCUT2D eigenvalue weighted by Crippen LogP contribution is -1.83. The molecule has 0 saturated carbocycles. The Morgan fingerprint density at radius 1 is 0.340 bits per heavy atom. The van der Waals surface area contributed by atoms with E-state index >= 15 is 0 Å². The molecular weight excluding hydrogens is 711 g/mol. The molecule has 6 aromatic carbocycles. The van der Waals surface area contributed by atoms with Gasteiger partial charge in [-0.2, -0.15) is 0 Å². The van der Waals surface area contributed by atoms with Crippen LogP contribution in [0.15, 0.2) is 115 Å². The molecule has 0 amide bonds. The van der Waals surface area contributed by atoms with Gasteiger partial charge in [-0.3, -0.25) is 0 Å². The summed E-state index contributed by atoms with van der Waals surface area (Å²) in [6, 6.07) is 34.4. The molecule has 0 bridgehead atoms. The van der Waals surface area contributed by atoms with E-state index in [0.29, 0.717) is 11.1 Å². The molecule has 0 N–H and O–H groups in total. The van der Waals surface area contributed by atoms with E-state index in [9.17, 15) is 17.6 Å². The molecule has 4 heterocycles. The number of thiophene rings is 3. The van der Waals surface area contributed by atoms with Gasteiger partial charge in [0.2, 0.25) is 0 Å². The van der Waals surface area contributed by atoms with E-state index in [1.165, 1.54) is 54.7 Å². The lowest BCUT2D eigenvalue weighted by molar-refractivity contribution is 0.583. The van der Waals surface area contributed by atoms with Gasteiger partial charge >= 0.3 is 0 Å². The summed E-state index contributed by atoms with van der Waals surface area (Å²) in [5, 5.41) is 6.69. The van der Waals surface area contributed by atoms with Crippen molar-refractivity contribution in [3.8, 4) is 41.9 Å². The highest BCUT2D eigenvalue weighted by Gasteiger charge is 2.15. The quantitative estimate of drug-likeness (QED) is 0.164. The summed E-state index contributed by atoms with van der Waals surface area (Å²) < 4.78 is 59.9. The molecule has 10 aromatic rings.